The number of nitrogens with zero attached hydrogens (tertiary/aromatic N) is 1. The van der Waals surface area contributed by atoms with Crippen molar-refractivity contribution in [2.75, 3.05) is 18.0 Å². The van der Waals surface area contributed by atoms with E-state index in [1.165, 1.54) is 12.1 Å². The quantitative estimate of drug-likeness (QED) is 0.445. The molecule has 1 aromatic rings. The number of amides is 1. The van der Waals surface area contributed by atoms with Gasteiger partial charge in [-0.05, 0) is 36.6 Å². The van der Waals surface area contributed by atoms with Crippen molar-refractivity contribution < 1.29 is 4.79 Å². The highest BCUT2D eigenvalue weighted by Gasteiger charge is 2.18. The van der Waals surface area contributed by atoms with E-state index in [0.717, 1.165) is 19.0 Å². The molecule has 1 heterocycles. The van der Waals surface area contributed by atoms with Gasteiger partial charge < -0.3 is 4.90 Å². The predicted octanol–water partition coefficient (Wildman–Crippen LogP) is 1.14. The first-order valence-corrected chi connectivity index (χ1v) is 5.56. The number of hydrogen-bond donors (Lipinski definition) is 2. The third kappa shape index (κ3) is 2.17. The Bertz CT molecular complexity index is 374. The lowest BCUT2D eigenvalue weighted by Gasteiger charge is -2.18. The fourth-order valence-electron chi connectivity index (χ4n) is 2.08. The van der Waals surface area contributed by atoms with E-state index >= 15 is 0 Å². The molecule has 1 aliphatic rings. The molecule has 3 N–H and O–H groups in total. The summed E-state index contributed by atoms with van der Waals surface area (Å²) in [4.78, 5) is 13.6. The number of nitrogens with one attached hydrogen (secondary N) is 1. The molecule has 1 amide bonds. The molecule has 0 aromatic heterocycles. The highest BCUT2D eigenvalue weighted by Crippen LogP contribution is 2.23. The molecule has 4 nitrogen and oxygen atoms in total. The van der Waals surface area contributed by atoms with Crippen LogP contribution < -0.4 is 16.2 Å². The van der Waals surface area contributed by atoms with E-state index in [9.17, 15) is 4.79 Å². The van der Waals surface area contributed by atoms with Gasteiger partial charge in [-0.3, -0.25) is 10.2 Å². The van der Waals surface area contributed by atoms with E-state index in [4.69, 9.17) is 5.84 Å². The van der Waals surface area contributed by atoms with Crippen molar-refractivity contribution in [2.24, 2.45) is 11.8 Å². The number of anilines is 1. The molecule has 1 fully saturated rings. The van der Waals surface area contributed by atoms with Crippen molar-refractivity contribution in [3.8, 4) is 0 Å². The van der Waals surface area contributed by atoms with Crippen LogP contribution in [-0.2, 0) is 0 Å². The van der Waals surface area contributed by atoms with Gasteiger partial charge in [-0.2, -0.15) is 0 Å². The summed E-state index contributed by atoms with van der Waals surface area (Å²) in [7, 11) is 0. The summed E-state index contributed by atoms with van der Waals surface area (Å²) >= 11 is 0. The minimum atomic E-state index is -0.249. The van der Waals surface area contributed by atoms with Gasteiger partial charge in [-0.15, -0.1) is 0 Å². The molecule has 0 aliphatic carbocycles. The second kappa shape index (κ2) is 4.53. The maximum absolute atomic E-state index is 11.2. The maximum Gasteiger partial charge on any atom is 0.265 e. The highest BCUT2D eigenvalue weighted by molar-refractivity contribution is 5.94. The topological polar surface area (TPSA) is 58.4 Å². The van der Waals surface area contributed by atoms with Crippen LogP contribution in [0.1, 0.15) is 23.7 Å². The molecule has 16 heavy (non-hydrogen) atoms. The number of nitrogen functional groups attached to an aromatic ring is 1. The van der Waals surface area contributed by atoms with Crippen LogP contribution in [0.4, 0.5) is 5.69 Å². The van der Waals surface area contributed by atoms with Crippen LogP contribution in [0, 0.1) is 5.92 Å². The minimum absolute atomic E-state index is 0.249. The van der Waals surface area contributed by atoms with Gasteiger partial charge in [-0.25, -0.2) is 5.84 Å². The van der Waals surface area contributed by atoms with Gasteiger partial charge in [-0.1, -0.05) is 6.92 Å². The van der Waals surface area contributed by atoms with Crippen molar-refractivity contribution in [2.45, 2.75) is 13.3 Å². The molecule has 1 unspecified atom stereocenters. The van der Waals surface area contributed by atoms with Gasteiger partial charge >= 0.3 is 0 Å². The number of carbonyl (C=O) groups is 1. The van der Waals surface area contributed by atoms with Crippen molar-refractivity contribution in [3.63, 3.8) is 0 Å². The molecule has 2 rings (SSSR count). The van der Waals surface area contributed by atoms with Crippen LogP contribution in [0.5, 0.6) is 0 Å². The molecule has 0 bridgehead atoms. The van der Waals surface area contributed by atoms with E-state index in [0.29, 0.717) is 5.56 Å². The fraction of sp³-hybridized carbons (Fsp3) is 0.417. The maximum atomic E-state index is 11.2. The Balaban J connectivity index is 2.10. The Morgan fingerprint density at radius 2 is 2.12 bits per heavy atom. The van der Waals surface area contributed by atoms with Crippen molar-refractivity contribution >= 4 is 11.6 Å². The van der Waals surface area contributed by atoms with Crippen LogP contribution in [0.25, 0.3) is 0 Å². The summed E-state index contributed by atoms with van der Waals surface area (Å²) in [6, 6.07) is 7.56. The molecule has 0 saturated carbocycles. The molecule has 1 aromatic carbocycles. The Morgan fingerprint density at radius 1 is 1.44 bits per heavy atom. The Hall–Kier alpha value is -1.55. The SMILES string of the molecule is CC1CCN(c2ccc(C(=O)NN)cc2)C1. The lowest BCUT2D eigenvalue weighted by atomic mass is 10.1. The van der Waals surface area contributed by atoms with E-state index in [1.54, 1.807) is 12.1 Å². The zero-order valence-electron chi connectivity index (χ0n) is 9.44. The van der Waals surface area contributed by atoms with Crippen molar-refractivity contribution in [1.29, 1.82) is 0 Å². The Labute approximate surface area is 95.4 Å². The second-order valence-electron chi connectivity index (χ2n) is 4.36. The van der Waals surface area contributed by atoms with Crippen LogP contribution in [0.15, 0.2) is 24.3 Å². The lowest BCUT2D eigenvalue weighted by molar-refractivity contribution is 0.0953. The number of rotatable bonds is 2. The first-order chi connectivity index (χ1) is 7.70. The molecule has 1 atom stereocenters. The Morgan fingerprint density at radius 3 is 2.62 bits per heavy atom. The molecular weight excluding hydrogens is 202 g/mol. The Kier molecular flexibility index (Phi) is 3.10. The van der Waals surface area contributed by atoms with Gasteiger partial charge in [0.2, 0.25) is 0 Å². The summed E-state index contributed by atoms with van der Waals surface area (Å²) in [5.41, 5.74) is 3.90. The number of hydrogen-bond acceptors (Lipinski definition) is 3. The van der Waals surface area contributed by atoms with Gasteiger partial charge in [0.1, 0.15) is 0 Å². The molecule has 0 spiro atoms. The van der Waals surface area contributed by atoms with Gasteiger partial charge in [0.05, 0.1) is 0 Å². The number of nitrogens with two attached hydrogens (primary N) is 1. The van der Waals surface area contributed by atoms with E-state index < -0.39 is 0 Å². The predicted molar refractivity (Wildman–Crippen MR) is 64.1 cm³/mol. The summed E-state index contributed by atoms with van der Waals surface area (Å²) < 4.78 is 0. The largest absolute Gasteiger partial charge is 0.371 e. The summed E-state index contributed by atoms with van der Waals surface area (Å²) in [6.07, 6.45) is 1.24. The minimum Gasteiger partial charge on any atom is -0.371 e. The molecule has 86 valence electrons. The van der Waals surface area contributed by atoms with Crippen LogP contribution >= 0.6 is 0 Å². The second-order valence-corrected chi connectivity index (χ2v) is 4.36. The zero-order chi connectivity index (χ0) is 11.5. The standard InChI is InChI=1S/C12H17N3O/c1-9-6-7-15(8-9)11-4-2-10(3-5-11)12(16)14-13/h2-5,9H,6-8,13H2,1H3,(H,14,16). The monoisotopic (exact) mass is 219 g/mol. The van der Waals surface area contributed by atoms with E-state index in [1.807, 2.05) is 12.1 Å². The summed E-state index contributed by atoms with van der Waals surface area (Å²) in [5, 5.41) is 0. The van der Waals surface area contributed by atoms with Gasteiger partial charge in [0.15, 0.2) is 0 Å². The molecule has 4 heteroatoms. The first kappa shape index (κ1) is 11.0. The molecular formula is C12H17N3O. The lowest BCUT2D eigenvalue weighted by Crippen LogP contribution is -2.30. The van der Waals surface area contributed by atoms with Crippen LogP contribution in [0.3, 0.4) is 0 Å². The molecule has 1 aliphatic heterocycles. The normalized spacial score (nSPS) is 19.9. The van der Waals surface area contributed by atoms with E-state index in [-0.39, 0.29) is 5.91 Å². The van der Waals surface area contributed by atoms with Crippen molar-refractivity contribution in [3.05, 3.63) is 29.8 Å². The average molecular weight is 219 g/mol. The first-order valence-electron chi connectivity index (χ1n) is 5.56. The fourth-order valence-corrected chi connectivity index (χ4v) is 2.08. The zero-order valence-corrected chi connectivity index (χ0v) is 9.44. The third-order valence-electron chi connectivity index (χ3n) is 3.05. The van der Waals surface area contributed by atoms with Crippen molar-refractivity contribution in [1.82, 2.24) is 5.43 Å². The number of benzene rings is 1. The van der Waals surface area contributed by atoms with Gasteiger partial charge in [0, 0.05) is 24.3 Å². The molecule has 0 radical (unpaired) electrons. The number of carbonyl (C=O) groups excluding carboxylic acids is 1. The smallest absolute Gasteiger partial charge is 0.265 e. The molecule has 1 saturated heterocycles. The number of hydrazine groups is 1. The third-order valence-corrected chi connectivity index (χ3v) is 3.05. The highest BCUT2D eigenvalue weighted by atomic mass is 16.2. The summed E-state index contributed by atoms with van der Waals surface area (Å²) in [6.45, 7) is 4.46. The van der Waals surface area contributed by atoms with E-state index in [2.05, 4.69) is 17.2 Å². The summed E-state index contributed by atoms with van der Waals surface area (Å²) in [5.74, 6) is 5.58. The van der Waals surface area contributed by atoms with Crippen LogP contribution in [0.2, 0.25) is 0 Å². The van der Waals surface area contributed by atoms with Gasteiger partial charge in [0.25, 0.3) is 5.91 Å². The van der Waals surface area contributed by atoms with Crippen LogP contribution in [-0.4, -0.2) is 19.0 Å². The average Bonchev–Trinajstić information content (AvgIpc) is 2.75.